The van der Waals surface area contributed by atoms with Crippen molar-refractivity contribution in [1.82, 2.24) is 9.55 Å². The van der Waals surface area contributed by atoms with E-state index in [2.05, 4.69) is 18.1 Å². The van der Waals surface area contributed by atoms with Crippen LogP contribution in [0.1, 0.15) is 19.3 Å². The van der Waals surface area contributed by atoms with Crippen LogP contribution < -0.4 is 11.2 Å². The van der Waals surface area contributed by atoms with Crippen molar-refractivity contribution in [2.75, 3.05) is 6.61 Å². The van der Waals surface area contributed by atoms with Gasteiger partial charge in [-0.15, -0.1) is 0 Å². The number of aromatic nitrogens is 2. The maximum absolute atomic E-state index is 11.4. The SMILES string of the molecule is O=c1ccn(CCCCCOP(=O)(O)OP(=O)(O)OP(=O)(O)O)c(=O)[nH]1. The molecule has 17 heteroatoms. The number of unbranched alkanes of at least 4 members (excludes halogenated alkanes) is 2. The van der Waals surface area contributed by atoms with Crippen molar-refractivity contribution in [2.45, 2.75) is 25.8 Å². The zero-order valence-electron chi connectivity index (χ0n) is 13.0. The number of phosphoric ester groups is 1. The number of nitrogens with zero attached hydrogens (tertiary/aromatic N) is 1. The van der Waals surface area contributed by atoms with Gasteiger partial charge in [0.05, 0.1) is 6.61 Å². The van der Waals surface area contributed by atoms with E-state index in [-0.39, 0.29) is 19.6 Å². The number of hydrogen-bond acceptors (Lipinski definition) is 8. The third kappa shape index (κ3) is 9.70. The van der Waals surface area contributed by atoms with Gasteiger partial charge in [0.15, 0.2) is 0 Å². The lowest BCUT2D eigenvalue weighted by Crippen LogP contribution is -2.28. The zero-order chi connectivity index (χ0) is 20.0. The molecular weight excluding hydrogens is 421 g/mol. The molecule has 2 unspecified atom stereocenters. The van der Waals surface area contributed by atoms with Crippen molar-refractivity contribution in [3.8, 4) is 0 Å². The van der Waals surface area contributed by atoms with Crippen LogP contribution in [0.4, 0.5) is 0 Å². The highest BCUT2D eigenvalue weighted by Crippen LogP contribution is 2.66. The highest BCUT2D eigenvalue weighted by Gasteiger charge is 2.40. The molecule has 0 aliphatic carbocycles. The summed E-state index contributed by atoms with van der Waals surface area (Å²) in [5.41, 5.74) is -1.10. The van der Waals surface area contributed by atoms with E-state index in [9.17, 15) is 28.2 Å². The van der Waals surface area contributed by atoms with Gasteiger partial charge in [-0.25, -0.2) is 18.5 Å². The van der Waals surface area contributed by atoms with Gasteiger partial charge in [0.2, 0.25) is 0 Å². The van der Waals surface area contributed by atoms with E-state index in [0.717, 1.165) is 0 Å². The molecule has 14 nitrogen and oxygen atoms in total. The highest BCUT2D eigenvalue weighted by atomic mass is 31.3. The summed E-state index contributed by atoms with van der Waals surface area (Å²) in [5, 5.41) is 0. The average Bonchev–Trinajstić information content (AvgIpc) is 2.40. The number of aryl methyl sites for hydroxylation is 1. The van der Waals surface area contributed by atoms with Crippen molar-refractivity contribution in [1.29, 1.82) is 0 Å². The molecule has 0 bridgehead atoms. The molecule has 1 aromatic heterocycles. The van der Waals surface area contributed by atoms with E-state index in [1.807, 2.05) is 0 Å². The standard InChI is InChI=1S/C9H17N2O12P3/c12-8-4-6-11(9(13)10-8)5-2-1-3-7-21-25(17,18)23-26(19,20)22-24(14,15)16/h4,6H,1-3,5,7H2,(H,17,18)(H,19,20)(H,10,12,13)(H2,14,15,16). The molecule has 1 aromatic rings. The first-order valence-corrected chi connectivity index (χ1v) is 11.4. The summed E-state index contributed by atoms with van der Waals surface area (Å²) in [6, 6.07) is 1.18. The number of phosphoric acid groups is 3. The van der Waals surface area contributed by atoms with Crippen molar-refractivity contribution >= 4 is 23.5 Å². The maximum Gasteiger partial charge on any atom is 0.490 e. The van der Waals surface area contributed by atoms with Crippen LogP contribution in [-0.2, 0) is 33.4 Å². The number of aromatic amines is 1. The van der Waals surface area contributed by atoms with E-state index >= 15 is 0 Å². The van der Waals surface area contributed by atoms with Gasteiger partial charge >= 0.3 is 29.2 Å². The normalized spacial score (nSPS) is 16.8. The Balaban J connectivity index is 2.34. The maximum atomic E-state index is 11.4. The Labute approximate surface area is 145 Å². The van der Waals surface area contributed by atoms with Crippen molar-refractivity contribution in [3.63, 3.8) is 0 Å². The van der Waals surface area contributed by atoms with Crippen LogP contribution in [0.3, 0.4) is 0 Å². The molecule has 0 spiro atoms. The summed E-state index contributed by atoms with van der Waals surface area (Å²) in [4.78, 5) is 59.3. The minimum atomic E-state index is -5.51. The molecule has 0 saturated heterocycles. The average molecular weight is 438 g/mol. The van der Waals surface area contributed by atoms with Crippen LogP contribution >= 0.6 is 23.5 Å². The summed E-state index contributed by atoms with van der Waals surface area (Å²) >= 11 is 0. The second kappa shape index (κ2) is 9.34. The van der Waals surface area contributed by atoms with E-state index in [1.165, 1.54) is 16.8 Å². The van der Waals surface area contributed by atoms with Gasteiger partial charge < -0.3 is 24.1 Å². The first-order chi connectivity index (χ1) is 11.8. The molecule has 5 N–H and O–H groups in total. The van der Waals surface area contributed by atoms with Gasteiger partial charge in [0.25, 0.3) is 5.56 Å². The number of hydrogen-bond donors (Lipinski definition) is 5. The molecule has 0 fully saturated rings. The fourth-order valence-electron chi connectivity index (χ4n) is 1.66. The lowest BCUT2D eigenvalue weighted by molar-refractivity contribution is 0.170. The van der Waals surface area contributed by atoms with E-state index in [0.29, 0.717) is 12.8 Å². The monoisotopic (exact) mass is 438 g/mol. The van der Waals surface area contributed by atoms with Crippen LogP contribution in [-0.4, -0.2) is 35.7 Å². The third-order valence-electron chi connectivity index (χ3n) is 2.61. The lowest BCUT2D eigenvalue weighted by atomic mass is 10.2. The number of rotatable bonds is 11. The summed E-state index contributed by atoms with van der Waals surface area (Å²) in [5.74, 6) is 0. The Morgan fingerprint density at radius 1 is 0.962 bits per heavy atom. The van der Waals surface area contributed by atoms with Gasteiger partial charge in [-0.05, 0) is 19.3 Å². The van der Waals surface area contributed by atoms with E-state index in [1.54, 1.807) is 0 Å². The summed E-state index contributed by atoms with van der Waals surface area (Å²) in [6.07, 6.45) is 2.38. The molecule has 26 heavy (non-hydrogen) atoms. The van der Waals surface area contributed by atoms with Crippen molar-refractivity contribution < 1.29 is 46.4 Å². The summed E-state index contributed by atoms with van der Waals surface area (Å²) < 4.78 is 45.7. The Morgan fingerprint density at radius 2 is 1.62 bits per heavy atom. The van der Waals surface area contributed by atoms with Gasteiger partial charge in [-0.2, -0.15) is 8.62 Å². The smallest absolute Gasteiger partial charge is 0.302 e. The zero-order valence-corrected chi connectivity index (χ0v) is 15.7. The molecule has 1 heterocycles. The Morgan fingerprint density at radius 3 is 2.19 bits per heavy atom. The molecule has 0 radical (unpaired) electrons. The molecule has 0 aliphatic heterocycles. The molecule has 0 aromatic carbocycles. The third-order valence-corrected chi connectivity index (χ3v) is 6.45. The molecule has 2 atom stereocenters. The Bertz CT molecular complexity index is 856. The Hall–Kier alpha value is -0.910. The van der Waals surface area contributed by atoms with E-state index in [4.69, 9.17) is 14.7 Å². The molecule has 1 rings (SSSR count). The van der Waals surface area contributed by atoms with E-state index < -0.39 is 34.7 Å². The van der Waals surface area contributed by atoms with Gasteiger partial charge in [-0.3, -0.25) is 14.3 Å². The van der Waals surface area contributed by atoms with Crippen LogP contribution in [0.25, 0.3) is 0 Å². The van der Waals surface area contributed by atoms with Gasteiger partial charge in [-0.1, -0.05) is 0 Å². The number of nitrogens with one attached hydrogen (secondary N) is 1. The second-order valence-corrected chi connectivity index (χ2v) is 9.21. The molecule has 0 aliphatic rings. The highest BCUT2D eigenvalue weighted by molar-refractivity contribution is 7.66. The lowest BCUT2D eigenvalue weighted by Gasteiger charge is -2.16. The first-order valence-electron chi connectivity index (χ1n) is 6.88. The van der Waals surface area contributed by atoms with Gasteiger partial charge in [0.1, 0.15) is 0 Å². The fraction of sp³-hybridized carbons (Fsp3) is 0.556. The van der Waals surface area contributed by atoms with Crippen LogP contribution in [0.5, 0.6) is 0 Å². The van der Waals surface area contributed by atoms with Gasteiger partial charge in [0, 0.05) is 18.8 Å². The molecule has 0 amide bonds. The minimum Gasteiger partial charge on any atom is -0.302 e. The predicted molar refractivity (Wildman–Crippen MR) is 85.0 cm³/mol. The predicted octanol–water partition coefficient (Wildman–Crippen LogP) is 0.0502. The first kappa shape index (κ1) is 23.1. The molecule has 150 valence electrons. The number of H-pyrrole nitrogens is 1. The summed E-state index contributed by atoms with van der Waals surface area (Å²) in [6.45, 7) is -0.116. The van der Waals surface area contributed by atoms with Crippen LogP contribution in [0.15, 0.2) is 21.9 Å². The largest absolute Gasteiger partial charge is 0.490 e. The summed E-state index contributed by atoms with van der Waals surface area (Å²) in [7, 11) is -16.0. The van der Waals surface area contributed by atoms with Crippen LogP contribution in [0, 0.1) is 0 Å². The van der Waals surface area contributed by atoms with Crippen LogP contribution in [0.2, 0.25) is 0 Å². The molecule has 0 saturated carbocycles. The topological polar surface area (TPSA) is 215 Å². The van der Waals surface area contributed by atoms with Crippen molar-refractivity contribution in [2.24, 2.45) is 0 Å². The quantitative estimate of drug-likeness (QED) is 0.229. The van der Waals surface area contributed by atoms with Crippen molar-refractivity contribution in [3.05, 3.63) is 33.1 Å². The fourth-order valence-corrected chi connectivity index (χ4v) is 4.72. The Kier molecular flexibility index (Phi) is 8.31. The second-order valence-electron chi connectivity index (χ2n) is 4.79. The molecular formula is C9H17N2O12P3. The minimum absolute atomic E-state index is 0.196.